The van der Waals surface area contributed by atoms with E-state index in [0.29, 0.717) is 22.8 Å². The minimum Gasteiger partial charge on any atom is -0.380 e. The van der Waals surface area contributed by atoms with Crippen LogP contribution in [0.4, 0.5) is 11.4 Å². The van der Waals surface area contributed by atoms with Gasteiger partial charge in [-0.3, -0.25) is 14.8 Å². The predicted molar refractivity (Wildman–Crippen MR) is 82.8 cm³/mol. The van der Waals surface area contributed by atoms with Gasteiger partial charge in [0, 0.05) is 37.0 Å². The van der Waals surface area contributed by atoms with E-state index in [9.17, 15) is 10.1 Å². The lowest BCUT2D eigenvalue weighted by molar-refractivity contribution is -0.385. The normalized spacial score (nSPS) is 10.7. The lowest BCUT2D eigenvalue weighted by atomic mass is 10.1. The van der Waals surface area contributed by atoms with Crippen molar-refractivity contribution < 1.29 is 4.92 Å². The highest BCUT2D eigenvalue weighted by atomic mass is 35.5. The van der Waals surface area contributed by atoms with E-state index < -0.39 is 4.92 Å². The number of benzene rings is 1. The first-order valence-electron chi connectivity index (χ1n) is 6.62. The number of aryl methyl sites for hydroxylation is 3. The zero-order valence-corrected chi connectivity index (χ0v) is 12.9. The second-order valence-electron chi connectivity index (χ2n) is 4.86. The van der Waals surface area contributed by atoms with Crippen LogP contribution in [0.15, 0.2) is 18.3 Å². The van der Waals surface area contributed by atoms with E-state index in [1.807, 2.05) is 13.2 Å². The number of hydrogen-bond donors (Lipinski definition) is 1. The van der Waals surface area contributed by atoms with Crippen molar-refractivity contribution in [3.63, 3.8) is 0 Å². The second-order valence-corrected chi connectivity index (χ2v) is 5.26. The summed E-state index contributed by atoms with van der Waals surface area (Å²) in [4.78, 5) is 10.4. The molecule has 0 spiro atoms. The Kier molecular flexibility index (Phi) is 4.47. The van der Waals surface area contributed by atoms with Gasteiger partial charge in [0.25, 0.3) is 5.69 Å². The van der Waals surface area contributed by atoms with Gasteiger partial charge in [-0.05, 0) is 19.4 Å². The quantitative estimate of drug-likeness (QED) is 0.678. The minimum atomic E-state index is -0.429. The molecule has 21 heavy (non-hydrogen) atoms. The molecule has 0 saturated carbocycles. The molecule has 1 N–H and O–H groups in total. The number of nitro benzene ring substituents is 1. The Bertz CT molecular complexity index is 682. The van der Waals surface area contributed by atoms with Crippen LogP contribution in [0, 0.1) is 17.0 Å². The molecule has 7 heteroatoms. The van der Waals surface area contributed by atoms with Crippen molar-refractivity contribution in [1.29, 1.82) is 0 Å². The third kappa shape index (κ3) is 3.33. The Labute approximate surface area is 127 Å². The smallest absolute Gasteiger partial charge is 0.273 e. The molecular formula is C14H17ClN4O2. The highest BCUT2D eigenvalue weighted by molar-refractivity contribution is 6.33. The van der Waals surface area contributed by atoms with Gasteiger partial charge in [-0.1, -0.05) is 18.5 Å². The predicted octanol–water partition coefficient (Wildman–Crippen LogP) is 3.46. The summed E-state index contributed by atoms with van der Waals surface area (Å²) >= 11 is 6.10. The lowest BCUT2D eigenvalue weighted by Gasteiger charge is -2.09. The van der Waals surface area contributed by atoms with E-state index in [4.69, 9.17) is 11.6 Å². The Morgan fingerprint density at radius 3 is 2.81 bits per heavy atom. The van der Waals surface area contributed by atoms with Crippen molar-refractivity contribution in [3.8, 4) is 0 Å². The molecule has 0 saturated heterocycles. The molecule has 1 heterocycles. The van der Waals surface area contributed by atoms with Crippen molar-refractivity contribution in [2.24, 2.45) is 7.05 Å². The number of aromatic nitrogens is 2. The van der Waals surface area contributed by atoms with Gasteiger partial charge < -0.3 is 5.32 Å². The number of nitrogens with one attached hydrogen (secondary N) is 1. The molecule has 0 atom stereocenters. The van der Waals surface area contributed by atoms with Gasteiger partial charge in [0.2, 0.25) is 0 Å². The zero-order valence-electron chi connectivity index (χ0n) is 12.2. The molecule has 112 valence electrons. The van der Waals surface area contributed by atoms with Crippen LogP contribution in [0.5, 0.6) is 0 Å². The molecule has 1 aromatic carbocycles. The number of anilines is 1. The van der Waals surface area contributed by atoms with E-state index in [-0.39, 0.29) is 5.69 Å². The molecule has 0 unspecified atom stereocenters. The molecule has 0 aliphatic carbocycles. The van der Waals surface area contributed by atoms with Crippen molar-refractivity contribution in [2.75, 3.05) is 5.32 Å². The number of nitro groups is 1. The number of nitrogens with zero attached hydrogens (tertiary/aromatic N) is 3. The third-order valence-corrected chi connectivity index (χ3v) is 3.59. The third-order valence-electron chi connectivity index (χ3n) is 3.28. The first kappa shape index (κ1) is 15.3. The highest BCUT2D eigenvalue weighted by Crippen LogP contribution is 2.30. The second kappa shape index (κ2) is 6.13. The van der Waals surface area contributed by atoms with Crippen molar-refractivity contribution >= 4 is 23.0 Å². The van der Waals surface area contributed by atoms with Gasteiger partial charge in [-0.15, -0.1) is 0 Å². The Balaban J connectivity index is 2.20. The van der Waals surface area contributed by atoms with Crippen LogP contribution >= 0.6 is 11.6 Å². The van der Waals surface area contributed by atoms with Crippen LogP contribution in [0.25, 0.3) is 0 Å². The summed E-state index contributed by atoms with van der Waals surface area (Å²) in [6.07, 6.45) is 2.81. The van der Waals surface area contributed by atoms with Gasteiger partial charge in [0.15, 0.2) is 0 Å². The topological polar surface area (TPSA) is 73.0 Å². The molecular weight excluding hydrogens is 292 g/mol. The molecule has 2 rings (SSSR count). The average molecular weight is 309 g/mol. The molecule has 0 aliphatic heterocycles. The van der Waals surface area contributed by atoms with E-state index >= 15 is 0 Å². The van der Waals surface area contributed by atoms with Crippen molar-refractivity contribution in [2.45, 2.75) is 26.8 Å². The lowest BCUT2D eigenvalue weighted by Crippen LogP contribution is -2.03. The standard InChI is InChI=1S/C14H17ClN4O2/c1-4-12-10(8-18(3)17-12)7-16-13-5-9(2)14(19(20)21)6-11(13)15/h5-6,8,16H,4,7H2,1-3H3. The summed E-state index contributed by atoms with van der Waals surface area (Å²) in [5.41, 5.74) is 3.41. The van der Waals surface area contributed by atoms with Gasteiger partial charge in [0.05, 0.1) is 21.3 Å². The molecule has 1 aromatic heterocycles. The van der Waals surface area contributed by atoms with E-state index in [1.54, 1.807) is 17.7 Å². The zero-order chi connectivity index (χ0) is 15.6. The molecule has 0 fully saturated rings. The van der Waals surface area contributed by atoms with Crippen molar-refractivity contribution in [1.82, 2.24) is 9.78 Å². The summed E-state index contributed by atoms with van der Waals surface area (Å²) in [6.45, 7) is 4.32. The van der Waals surface area contributed by atoms with Crippen molar-refractivity contribution in [3.05, 3.63) is 50.3 Å². The number of rotatable bonds is 5. The first-order valence-corrected chi connectivity index (χ1v) is 7.00. The summed E-state index contributed by atoms with van der Waals surface area (Å²) in [7, 11) is 1.88. The Morgan fingerprint density at radius 1 is 1.48 bits per heavy atom. The maximum Gasteiger partial charge on any atom is 0.273 e. The highest BCUT2D eigenvalue weighted by Gasteiger charge is 2.14. The molecule has 0 amide bonds. The maximum atomic E-state index is 10.9. The fraction of sp³-hybridized carbons (Fsp3) is 0.357. The average Bonchev–Trinajstić information content (AvgIpc) is 2.79. The molecule has 0 radical (unpaired) electrons. The van der Waals surface area contributed by atoms with Gasteiger partial charge in [0.1, 0.15) is 0 Å². The van der Waals surface area contributed by atoms with E-state index in [0.717, 1.165) is 17.7 Å². The SMILES string of the molecule is CCc1nn(C)cc1CNc1cc(C)c([N+](=O)[O-])cc1Cl. The van der Waals surface area contributed by atoms with Gasteiger partial charge >= 0.3 is 0 Å². The summed E-state index contributed by atoms with van der Waals surface area (Å²) in [5.74, 6) is 0. The van der Waals surface area contributed by atoms with Gasteiger partial charge in [-0.2, -0.15) is 5.10 Å². The van der Waals surface area contributed by atoms with Crippen LogP contribution in [-0.4, -0.2) is 14.7 Å². The van der Waals surface area contributed by atoms with E-state index in [1.165, 1.54) is 6.07 Å². The molecule has 2 aromatic rings. The van der Waals surface area contributed by atoms with Crippen LogP contribution in [0.2, 0.25) is 5.02 Å². The molecule has 6 nitrogen and oxygen atoms in total. The Hall–Kier alpha value is -2.08. The monoisotopic (exact) mass is 308 g/mol. The summed E-state index contributed by atoms with van der Waals surface area (Å²) in [6, 6.07) is 3.08. The number of halogens is 1. The van der Waals surface area contributed by atoms with Crippen LogP contribution < -0.4 is 5.32 Å². The molecule has 0 aliphatic rings. The molecule has 0 bridgehead atoms. The summed E-state index contributed by atoms with van der Waals surface area (Å²) in [5, 5.41) is 18.8. The Morgan fingerprint density at radius 2 is 2.19 bits per heavy atom. The van der Waals surface area contributed by atoms with Crippen LogP contribution in [0.1, 0.15) is 23.7 Å². The first-order chi connectivity index (χ1) is 9.92. The van der Waals surface area contributed by atoms with E-state index in [2.05, 4.69) is 17.3 Å². The minimum absolute atomic E-state index is 0.0289. The maximum absolute atomic E-state index is 10.9. The summed E-state index contributed by atoms with van der Waals surface area (Å²) < 4.78 is 1.78. The fourth-order valence-electron chi connectivity index (χ4n) is 2.22. The largest absolute Gasteiger partial charge is 0.380 e. The van der Waals surface area contributed by atoms with Crippen LogP contribution in [-0.2, 0) is 20.0 Å². The fourth-order valence-corrected chi connectivity index (χ4v) is 2.45. The van der Waals surface area contributed by atoms with Gasteiger partial charge in [-0.25, -0.2) is 0 Å². The number of hydrogen-bond acceptors (Lipinski definition) is 4. The van der Waals surface area contributed by atoms with Crippen LogP contribution in [0.3, 0.4) is 0 Å².